The van der Waals surface area contributed by atoms with Gasteiger partial charge in [-0.2, -0.15) is 0 Å². The zero-order chi connectivity index (χ0) is 14.9. The number of nitrogens with two attached hydrogens (primary N) is 1. The Balaban J connectivity index is 2.35. The van der Waals surface area contributed by atoms with Gasteiger partial charge in [0.15, 0.2) is 11.6 Å². The van der Waals surface area contributed by atoms with Gasteiger partial charge in [0.05, 0.1) is 22.6 Å². The molecule has 0 amide bonds. The molecule has 0 fully saturated rings. The summed E-state index contributed by atoms with van der Waals surface area (Å²) >= 11 is 0. The number of aromatic carboxylic acids is 1. The molecule has 7 heteroatoms. The number of carboxylic acid groups (broad SMARTS) is 1. The first-order valence-corrected chi connectivity index (χ1v) is 5.43. The molecule has 2 aromatic carbocycles. The largest absolute Gasteiger partial charge is 0.478 e. The topological polar surface area (TPSA) is 75.4 Å². The molecular formula is C13H9F3N2O2. The van der Waals surface area contributed by atoms with E-state index in [2.05, 4.69) is 5.32 Å². The molecule has 0 atom stereocenters. The number of nitrogen functional groups attached to an aromatic ring is 1. The van der Waals surface area contributed by atoms with E-state index in [1.54, 1.807) is 0 Å². The van der Waals surface area contributed by atoms with Gasteiger partial charge in [0.1, 0.15) is 5.82 Å². The number of benzene rings is 2. The summed E-state index contributed by atoms with van der Waals surface area (Å²) in [4.78, 5) is 10.7. The van der Waals surface area contributed by atoms with Gasteiger partial charge in [-0.05, 0) is 18.2 Å². The molecule has 0 saturated heterocycles. The zero-order valence-corrected chi connectivity index (χ0v) is 9.95. The van der Waals surface area contributed by atoms with Gasteiger partial charge in [0.25, 0.3) is 0 Å². The van der Waals surface area contributed by atoms with Crippen molar-refractivity contribution in [1.82, 2.24) is 0 Å². The monoisotopic (exact) mass is 282 g/mol. The summed E-state index contributed by atoms with van der Waals surface area (Å²) in [7, 11) is 0. The van der Waals surface area contributed by atoms with E-state index in [9.17, 15) is 18.0 Å². The van der Waals surface area contributed by atoms with Gasteiger partial charge in [-0.15, -0.1) is 0 Å². The molecule has 0 aliphatic rings. The van der Waals surface area contributed by atoms with E-state index in [0.29, 0.717) is 12.1 Å². The summed E-state index contributed by atoms with van der Waals surface area (Å²) in [5.74, 6) is -4.68. The molecule has 0 radical (unpaired) electrons. The van der Waals surface area contributed by atoms with Gasteiger partial charge in [-0.3, -0.25) is 0 Å². The zero-order valence-electron chi connectivity index (χ0n) is 9.95. The standard InChI is InChI=1S/C13H9F3N2O2/c14-7-4-9(16)12(5-8(7)15)18-11-2-1-6(13(19)20)3-10(11)17/h1-5,18H,17H2,(H,19,20). The summed E-state index contributed by atoms with van der Waals surface area (Å²) < 4.78 is 39.3. The quantitative estimate of drug-likeness (QED) is 0.597. The van der Waals surface area contributed by atoms with E-state index < -0.39 is 23.4 Å². The summed E-state index contributed by atoms with van der Waals surface area (Å²) in [5.41, 5.74) is 5.48. The third-order valence-electron chi connectivity index (χ3n) is 2.58. The van der Waals surface area contributed by atoms with E-state index in [1.165, 1.54) is 18.2 Å². The summed E-state index contributed by atoms with van der Waals surface area (Å²) in [5, 5.41) is 11.2. The summed E-state index contributed by atoms with van der Waals surface area (Å²) in [6, 6.07) is 4.77. The van der Waals surface area contributed by atoms with Gasteiger partial charge in [-0.25, -0.2) is 18.0 Å². The third-order valence-corrected chi connectivity index (χ3v) is 2.58. The van der Waals surface area contributed by atoms with Crippen molar-refractivity contribution in [3.8, 4) is 0 Å². The normalized spacial score (nSPS) is 10.3. The van der Waals surface area contributed by atoms with Crippen molar-refractivity contribution in [2.45, 2.75) is 0 Å². The van der Waals surface area contributed by atoms with Crippen molar-refractivity contribution in [2.75, 3.05) is 11.1 Å². The Morgan fingerprint density at radius 3 is 2.25 bits per heavy atom. The van der Waals surface area contributed by atoms with Crippen LogP contribution in [-0.4, -0.2) is 11.1 Å². The minimum atomic E-state index is -1.30. The number of rotatable bonds is 3. The fourth-order valence-electron chi connectivity index (χ4n) is 1.57. The highest BCUT2D eigenvalue weighted by atomic mass is 19.2. The van der Waals surface area contributed by atoms with Crippen LogP contribution in [0.3, 0.4) is 0 Å². The molecule has 2 aromatic rings. The van der Waals surface area contributed by atoms with Crippen molar-refractivity contribution >= 4 is 23.0 Å². The van der Waals surface area contributed by atoms with Crippen molar-refractivity contribution in [2.24, 2.45) is 0 Å². The van der Waals surface area contributed by atoms with Crippen LogP contribution in [0.2, 0.25) is 0 Å². The molecule has 0 bridgehead atoms. The number of nitrogens with one attached hydrogen (secondary N) is 1. The summed E-state index contributed by atoms with van der Waals surface area (Å²) in [6.07, 6.45) is 0. The maximum atomic E-state index is 13.5. The second-order valence-electron chi connectivity index (χ2n) is 3.98. The molecule has 104 valence electrons. The minimum absolute atomic E-state index is 0.0361. The van der Waals surface area contributed by atoms with E-state index in [4.69, 9.17) is 10.8 Å². The number of hydrogen-bond acceptors (Lipinski definition) is 3. The fraction of sp³-hybridized carbons (Fsp3) is 0. The Hall–Kier alpha value is -2.70. The van der Waals surface area contributed by atoms with Crippen LogP contribution in [0.4, 0.5) is 30.2 Å². The Kier molecular flexibility index (Phi) is 3.51. The fourth-order valence-corrected chi connectivity index (χ4v) is 1.57. The maximum absolute atomic E-state index is 13.5. The van der Waals surface area contributed by atoms with E-state index in [-0.39, 0.29) is 22.6 Å². The predicted octanol–water partition coefficient (Wildman–Crippen LogP) is 3.13. The Morgan fingerprint density at radius 2 is 1.65 bits per heavy atom. The molecule has 0 heterocycles. The van der Waals surface area contributed by atoms with Crippen LogP contribution in [0.25, 0.3) is 0 Å². The van der Waals surface area contributed by atoms with Crippen molar-refractivity contribution in [3.63, 3.8) is 0 Å². The van der Waals surface area contributed by atoms with Crippen LogP contribution in [0.15, 0.2) is 30.3 Å². The molecule has 2 rings (SSSR count). The second-order valence-corrected chi connectivity index (χ2v) is 3.98. The van der Waals surface area contributed by atoms with Crippen LogP contribution in [-0.2, 0) is 0 Å². The van der Waals surface area contributed by atoms with Crippen molar-refractivity contribution in [1.29, 1.82) is 0 Å². The SMILES string of the molecule is Nc1cc(C(=O)O)ccc1Nc1cc(F)c(F)cc1F. The van der Waals surface area contributed by atoms with Crippen LogP contribution in [0.5, 0.6) is 0 Å². The van der Waals surface area contributed by atoms with Crippen LogP contribution < -0.4 is 11.1 Å². The lowest BCUT2D eigenvalue weighted by Gasteiger charge is -2.11. The Morgan fingerprint density at radius 1 is 1.00 bits per heavy atom. The van der Waals surface area contributed by atoms with Crippen molar-refractivity contribution in [3.05, 3.63) is 53.3 Å². The van der Waals surface area contributed by atoms with Crippen LogP contribution in [0.1, 0.15) is 10.4 Å². The number of carboxylic acids is 1. The van der Waals surface area contributed by atoms with E-state index in [0.717, 1.165) is 0 Å². The molecule has 0 unspecified atom stereocenters. The molecule has 0 aliphatic carbocycles. The Bertz CT molecular complexity index is 690. The lowest BCUT2D eigenvalue weighted by Crippen LogP contribution is -2.03. The molecule has 20 heavy (non-hydrogen) atoms. The number of carbonyl (C=O) groups is 1. The van der Waals surface area contributed by atoms with Gasteiger partial charge >= 0.3 is 5.97 Å². The minimum Gasteiger partial charge on any atom is -0.478 e. The number of anilines is 3. The number of halogens is 3. The lowest BCUT2D eigenvalue weighted by atomic mass is 10.1. The third kappa shape index (κ3) is 2.66. The van der Waals surface area contributed by atoms with Gasteiger partial charge in [-0.1, -0.05) is 0 Å². The molecule has 0 saturated carbocycles. The highest BCUT2D eigenvalue weighted by molar-refractivity contribution is 5.90. The molecule has 4 N–H and O–H groups in total. The molecule has 0 aliphatic heterocycles. The van der Waals surface area contributed by atoms with E-state index in [1.807, 2.05) is 0 Å². The van der Waals surface area contributed by atoms with Crippen LogP contribution in [0, 0.1) is 17.5 Å². The highest BCUT2D eigenvalue weighted by Crippen LogP contribution is 2.27. The number of hydrogen-bond donors (Lipinski definition) is 3. The highest BCUT2D eigenvalue weighted by Gasteiger charge is 2.12. The molecule has 0 spiro atoms. The maximum Gasteiger partial charge on any atom is 0.335 e. The molecule has 4 nitrogen and oxygen atoms in total. The van der Waals surface area contributed by atoms with Crippen molar-refractivity contribution < 1.29 is 23.1 Å². The predicted molar refractivity (Wildman–Crippen MR) is 67.4 cm³/mol. The first-order chi connectivity index (χ1) is 9.38. The van der Waals surface area contributed by atoms with E-state index >= 15 is 0 Å². The first-order valence-electron chi connectivity index (χ1n) is 5.43. The average molecular weight is 282 g/mol. The smallest absolute Gasteiger partial charge is 0.335 e. The van der Waals surface area contributed by atoms with Gasteiger partial charge in [0.2, 0.25) is 0 Å². The molecule has 0 aromatic heterocycles. The average Bonchev–Trinajstić information content (AvgIpc) is 2.37. The molecular weight excluding hydrogens is 273 g/mol. The summed E-state index contributed by atoms with van der Waals surface area (Å²) in [6.45, 7) is 0. The lowest BCUT2D eigenvalue weighted by molar-refractivity contribution is 0.0697. The van der Waals surface area contributed by atoms with Gasteiger partial charge in [0, 0.05) is 12.1 Å². The Labute approximate surface area is 111 Å². The van der Waals surface area contributed by atoms with Gasteiger partial charge < -0.3 is 16.2 Å². The second kappa shape index (κ2) is 5.12. The van der Waals surface area contributed by atoms with Crippen LogP contribution >= 0.6 is 0 Å². The first kappa shape index (κ1) is 13.7.